The van der Waals surface area contributed by atoms with Gasteiger partial charge in [-0.1, -0.05) is 0 Å². The molecule has 2 atom stereocenters. The number of carboxylic acids is 1. The Morgan fingerprint density at radius 1 is 1.40 bits per heavy atom. The van der Waals surface area contributed by atoms with E-state index in [1.807, 2.05) is 12.1 Å². The minimum Gasteiger partial charge on any atom is -0.479 e. The van der Waals surface area contributed by atoms with Gasteiger partial charge in [0.2, 0.25) is 0 Å². The first-order valence-electron chi connectivity index (χ1n) is 5.60. The predicted octanol–water partition coefficient (Wildman–Crippen LogP) is 0.890. The van der Waals surface area contributed by atoms with Gasteiger partial charge >= 0.3 is 5.97 Å². The highest BCUT2D eigenvalue weighted by Gasteiger charge is 2.39. The first-order chi connectivity index (χ1) is 9.00. The molecule has 0 spiro atoms. The highest BCUT2D eigenvalue weighted by molar-refractivity contribution is 14.1. The van der Waals surface area contributed by atoms with Crippen LogP contribution in [0.5, 0.6) is 0 Å². The fraction of sp³-hybridized carbons (Fsp3) is 0.333. The van der Waals surface area contributed by atoms with Crippen LogP contribution in [-0.2, 0) is 14.3 Å². The molecule has 1 amide bonds. The number of nitrogens with zero attached hydrogens (tertiary/aromatic N) is 1. The summed E-state index contributed by atoms with van der Waals surface area (Å²) in [6, 6.07) is 7.24. The first kappa shape index (κ1) is 17.2. The number of amides is 1. The van der Waals surface area contributed by atoms with Gasteiger partial charge < -0.3 is 19.8 Å². The van der Waals surface area contributed by atoms with E-state index in [1.165, 1.54) is 4.90 Å². The first-order valence-corrected chi connectivity index (χ1v) is 6.68. The summed E-state index contributed by atoms with van der Waals surface area (Å²) >= 11 is 2.15. The van der Waals surface area contributed by atoms with E-state index < -0.39 is 24.1 Å². The van der Waals surface area contributed by atoms with E-state index in [1.54, 1.807) is 12.1 Å². The number of carbonyl (C=O) groups is 2. The summed E-state index contributed by atoms with van der Waals surface area (Å²) in [7, 11) is 0. The number of aliphatic hydroxyl groups is 1. The van der Waals surface area contributed by atoms with E-state index in [2.05, 4.69) is 22.6 Å². The molecule has 1 saturated heterocycles. The zero-order valence-electron chi connectivity index (χ0n) is 10.2. The smallest absolute Gasteiger partial charge is 0.335 e. The number of hydrogen-bond donors (Lipinski definition) is 2. The van der Waals surface area contributed by atoms with Gasteiger partial charge in [0, 0.05) is 15.8 Å². The molecular formula is C12H13ClINO5. The van der Waals surface area contributed by atoms with E-state index in [4.69, 9.17) is 9.84 Å². The molecule has 1 fully saturated rings. The minimum absolute atomic E-state index is 0. The Labute approximate surface area is 135 Å². The van der Waals surface area contributed by atoms with Crippen LogP contribution >= 0.6 is 35.0 Å². The van der Waals surface area contributed by atoms with Crippen LogP contribution in [0.15, 0.2) is 24.3 Å². The normalized spacial score (nSPS) is 20.2. The van der Waals surface area contributed by atoms with Gasteiger partial charge in [0.1, 0.15) is 0 Å². The monoisotopic (exact) mass is 413 g/mol. The minimum atomic E-state index is -1.85. The van der Waals surface area contributed by atoms with Crippen LogP contribution in [0.2, 0.25) is 0 Å². The Morgan fingerprint density at radius 3 is 2.55 bits per heavy atom. The number of morpholine rings is 1. The summed E-state index contributed by atoms with van der Waals surface area (Å²) in [6.45, 7) is 0.523. The molecule has 6 nitrogen and oxygen atoms in total. The second-order valence-corrected chi connectivity index (χ2v) is 5.29. The molecule has 1 aromatic carbocycles. The molecular weight excluding hydrogens is 400 g/mol. The number of aliphatic hydroxyl groups excluding tert-OH is 1. The lowest BCUT2D eigenvalue weighted by Crippen LogP contribution is -2.54. The van der Waals surface area contributed by atoms with Crippen LogP contribution in [0.4, 0.5) is 5.69 Å². The van der Waals surface area contributed by atoms with Crippen LogP contribution in [0, 0.1) is 3.57 Å². The van der Waals surface area contributed by atoms with Gasteiger partial charge in [-0.3, -0.25) is 4.79 Å². The molecule has 20 heavy (non-hydrogen) atoms. The molecule has 0 radical (unpaired) electrons. The molecule has 2 N–H and O–H groups in total. The molecule has 0 bridgehead atoms. The number of carboxylic acid groups (broad SMARTS) is 1. The summed E-state index contributed by atoms with van der Waals surface area (Å²) in [6.07, 6.45) is -3.20. The fourth-order valence-electron chi connectivity index (χ4n) is 1.84. The average Bonchev–Trinajstić information content (AvgIpc) is 2.39. The van der Waals surface area contributed by atoms with Gasteiger partial charge in [-0.2, -0.15) is 0 Å². The molecule has 0 saturated carbocycles. The lowest BCUT2D eigenvalue weighted by molar-refractivity contribution is -0.163. The van der Waals surface area contributed by atoms with Crippen molar-refractivity contribution >= 4 is 52.6 Å². The lowest BCUT2D eigenvalue weighted by Gasteiger charge is -2.33. The molecule has 1 aliphatic rings. The van der Waals surface area contributed by atoms with Gasteiger partial charge in [0.05, 0.1) is 6.61 Å². The number of halogens is 2. The molecule has 8 heteroatoms. The Bertz CT molecular complexity index is 495. The van der Waals surface area contributed by atoms with Crippen molar-refractivity contribution in [3.8, 4) is 0 Å². The second-order valence-electron chi connectivity index (χ2n) is 4.04. The van der Waals surface area contributed by atoms with Crippen LogP contribution in [0.3, 0.4) is 0 Å². The quantitative estimate of drug-likeness (QED) is 0.719. The van der Waals surface area contributed by atoms with Crippen molar-refractivity contribution in [3.05, 3.63) is 27.8 Å². The molecule has 1 aliphatic heterocycles. The third kappa shape index (κ3) is 3.60. The molecule has 1 aromatic rings. The summed E-state index contributed by atoms with van der Waals surface area (Å²) in [4.78, 5) is 24.3. The Balaban J connectivity index is 0.00000200. The molecule has 110 valence electrons. The molecule has 0 aromatic heterocycles. The van der Waals surface area contributed by atoms with Gasteiger partial charge in [0.25, 0.3) is 5.91 Å². The third-order valence-corrected chi connectivity index (χ3v) is 3.52. The maximum atomic E-state index is 12.1. The van der Waals surface area contributed by atoms with E-state index in [-0.39, 0.29) is 19.0 Å². The van der Waals surface area contributed by atoms with E-state index in [9.17, 15) is 14.7 Å². The van der Waals surface area contributed by atoms with E-state index in [0.717, 1.165) is 3.57 Å². The molecule has 2 rings (SSSR count). The summed E-state index contributed by atoms with van der Waals surface area (Å²) < 4.78 is 6.10. The number of rotatable bonds is 3. The number of hydrogen-bond acceptors (Lipinski definition) is 4. The summed E-state index contributed by atoms with van der Waals surface area (Å²) in [5.74, 6) is -2.01. The third-order valence-electron chi connectivity index (χ3n) is 2.80. The SMILES string of the molecule is Cl.O=C(O)[C@H](O)[C@H]1OCCN(c2ccc(I)cc2)C1=O. The predicted molar refractivity (Wildman–Crippen MR) is 82.1 cm³/mol. The van der Waals surface area contributed by atoms with Crippen LogP contribution < -0.4 is 4.90 Å². The lowest BCUT2D eigenvalue weighted by atomic mass is 10.1. The Hall–Kier alpha value is -0.900. The number of anilines is 1. The summed E-state index contributed by atoms with van der Waals surface area (Å²) in [5, 5.41) is 18.2. The number of carbonyl (C=O) groups excluding carboxylic acids is 1. The topological polar surface area (TPSA) is 87.1 Å². The zero-order chi connectivity index (χ0) is 14.0. The second kappa shape index (κ2) is 7.21. The van der Waals surface area contributed by atoms with E-state index in [0.29, 0.717) is 12.2 Å². The van der Waals surface area contributed by atoms with Crippen molar-refractivity contribution in [2.24, 2.45) is 0 Å². The van der Waals surface area contributed by atoms with Gasteiger partial charge in [0.15, 0.2) is 12.2 Å². The highest BCUT2D eigenvalue weighted by atomic mass is 127. The van der Waals surface area contributed by atoms with Gasteiger partial charge in [-0.05, 0) is 46.9 Å². The maximum Gasteiger partial charge on any atom is 0.335 e. The van der Waals surface area contributed by atoms with Gasteiger partial charge in [-0.15, -0.1) is 12.4 Å². The van der Waals surface area contributed by atoms with Crippen LogP contribution in [0.25, 0.3) is 0 Å². The van der Waals surface area contributed by atoms with Crippen molar-refractivity contribution < 1.29 is 24.5 Å². The molecule has 0 aliphatic carbocycles. The summed E-state index contributed by atoms with van der Waals surface area (Å²) in [5.41, 5.74) is 0.663. The number of benzene rings is 1. The number of aliphatic carboxylic acids is 1. The number of ether oxygens (including phenoxy) is 1. The van der Waals surface area contributed by atoms with E-state index >= 15 is 0 Å². The highest BCUT2D eigenvalue weighted by Crippen LogP contribution is 2.21. The Morgan fingerprint density at radius 2 is 2.00 bits per heavy atom. The Kier molecular flexibility index (Phi) is 6.18. The molecule has 1 heterocycles. The van der Waals surface area contributed by atoms with Crippen molar-refractivity contribution in [1.82, 2.24) is 0 Å². The maximum absolute atomic E-state index is 12.1. The fourth-order valence-corrected chi connectivity index (χ4v) is 2.20. The average molecular weight is 414 g/mol. The van der Waals surface area contributed by atoms with Crippen molar-refractivity contribution in [2.75, 3.05) is 18.1 Å². The largest absolute Gasteiger partial charge is 0.479 e. The van der Waals surface area contributed by atoms with Crippen LogP contribution in [0.1, 0.15) is 0 Å². The van der Waals surface area contributed by atoms with Gasteiger partial charge in [-0.25, -0.2) is 4.79 Å². The van der Waals surface area contributed by atoms with Crippen molar-refractivity contribution in [1.29, 1.82) is 0 Å². The standard InChI is InChI=1S/C12H12INO5.ClH/c13-7-1-3-8(4-2-7)14-5-6-19-10(11(14)16)9(15)12(17)18;/h1-4,9-10,15H,5-6H2,(H,17,18);1H/t9-,10-;/m1./s1. The van der Waals surface area contributed by atoms with Crippen LogP contribution in [-0.4, -0.2) is 47.4 Å². The van der Waals surface area contributed by atoms with Crippen molar-refractivity contribution in [2.45, 2.75) is 12.2 Å². The molecule has 0 unspecified atom stereocenters. The van der Waals surface area contributed by atoms with Crippen molar-refractivity contribution in [3.63, 3.8) is 0 Å². The zero-order valence-corrected chi connectivity index (χ0v) is 13.2.